The van der Waals surface area contributed by atoms with Crippen LogP contribution in [-0.2, 0) is 13.1 Å². The summed E-state index contributed by atoms with van der Waals surface area (Å²) in [6.07, 6.45) is 1.62. The molecule has 0 saturated heterocycles. The first-order chi connectivity index (χ1) is 12.6. The summed E-state index contributed by atoms with van der Waals surface area (Å²) < 4.78 is 10.7. The zero-order valence-electron chi connectivity index (χ0n) is 14.7. The second kappa shape index (κ2) is 8.05. The molecule has 26 heavy (non-hydrogen) atoms. The van der Waals surface area contributed by atoms with Gasteiger partial charge in [-0.25, -0.2) is 0 Å². The minimum absolute atomic E-state index is 0.133. The number of aromatic nitrogens is 1. The number of H-pyrrole nitrogens is 1. The largest absolute Gasteiger partial charge is 0.497 e. The van der Waals surface area contributed by atoms with E-state index in [1.165, 1.54) is 0 Å². The third kappa shape index (κ3) is 4.05. The van der Waals surface area contributed by atoms with Crippen LogP contribution in [0.4, 0.5) is 0 Å². The number of rotatable bonds is 6. The normalized spacial score (nSPS) is 10.7. The Balaban J connectivity index is 1.92. The summed E-state index contributed by atoms with van der Waals surface area (Å²) >= 11 is 5.47. The van der Waals surface area contributed by atoms with Crippen LogP contribution in [0.25, 0.3) is 10.9 Å². The highest BCUT2D eigenvalue weighted by Gasteiger charge is 2.15. The Labute approximate surface area is 156 Å². The fraction of sp³-hybridized carbons (Fsp3) is 0.263. The van der Waals surface area contributed by atoms with Gasteiger partial charge >= 0.3 is 0 Å². The van der Waals surface area contributed by atoms with Crippen molar-refractivity contribution in [3.8, 4) is 5.75 Å². The highest BCUT2D eigenvalue weighted by Crippen LogP contribution is 2.19. The van der Waals surface area contributed by atoms with E-state index in [0.29, 0.717) is 30.3 Å². The summed E-state index contributed by atoms with van der Waals surface area (Å²) in [5, 5.41) is 4.62. The molecule has 0 aliphatic carbocycles. The zero-order chi connectivity index (χ0) is 18.5. The molecule has 0 aliphatic rings. The standard InChI is InChI=1S/C19H21N3O3S/c1-3-20-19(26)22(12-16-5-4-8-25-16)11-14-9-13-10-15(24-2)6-7-17(13)21-18(14)23/h4-10H,3,11-12H2,1-2H3,(H,20,26)(H,21,23). The van der Waals surface area contributed by atoms with Crippen LogP contribution < -0.4 is 15.6 Å². The fourth-order valence-electron chi connectivity index (χ4n) is 2.73. The molecule has 0 unspecified atom stereocenters. The average Bonchev–Trinajstić information content (AvgIpc) is 3.14. The summed E-state index contributed by atoms with van der Waals surface area (Å²) in [5.41, 5.74) is 1.26. The van der Waals surface area contributed by atoms with Crippen molar-refractivity contribution in [2.45, 2.75) is 20.0 Å². The first kappa shape index (κ1) is 18.0. The molecule has 0 radical (unpaired) electrons. The summed E-state index contributed by atoms with van der Waals surface area (Å²) in [7, 11) is 1.62. The summed E-state index contributed by atoms with van der Waals surface area (Å²) in [6.45, 7) is 3.54. The Morgan fingerprint density at radius 2 is 2.15 bits per heavy atom. The van der Waals surface area contributed by atoms with Crippen molar-refractivity contribution in [3.05, 3.63) is 64.3 Å². The second-order valence-corrected chi connectivity index (χ2v) is 6.23. The molecule has 0 spiro atoms. The first-order valence-electron chi connectivity index (χ1n) is 8.36. The molecule has 2 N–H and O–H groups in total. The van der Waals surface area contributed by atoms with Gasteiger partial charge in [-0.15, -0.1) is 0 Å². The Bertz CT molecular complexity index is 950. The monoisotopic (exact) mass is 371 g/mol. The minimum atomic E-state index is -0.133. The number of methoxy groups -OCH3 is 1. The Morgan fingerprint density at radius 1 is 1.31 bits per heavy atom. The fourth-order valence-corrected chi connectivity index (χ4v) is 3.01. The first-order valence-corrected chi connectivity index (χ1v) is 8.76. The van der Waals surface area contributed by atoms with E-state index in [2.05, 4.69) is 10.3 Å². The smallest absolute Gasteiger partial charge is 0.253 e. The molecule has 6 nitrogen and oxygen atoms in total. The van der Waals surface area contributed by atoms with E-state index in [-0.39, 0.29) is 5.56 Å². The van der Waals surface area contributed by atoms with Crippen LogP contribution in [-0.4, -0.2) is 28.7 Å². The lowest BCUT2D eigenvalue weighted by atomic mass is 10.1. The Hall–Kier alpha value is -2.80. The van der Waals surface area contributed by atoms with Crippen molar-refractivity contribution in [1.82, 2.24) is 15.2 Å². The lowest BCUT2D eigenvalue weighted by Crippen LogP contribution is -2.39. The maximum absolute atomic E-state index is 12.5. The SMILES string of the molecule is CCNC(=S)N(Cc1ccco1)Cc1cc2cc(OC)ccc2[nH]c1=O. The van der Waals surface area contributed by atoms with Crippen LogP contribution in [0.2, 0.25) is 0 Å². The van der Waals surface area contributed by atoms with Crippen molar-refractivity contribution in [1.29, 1.82) is 0 Å². The number of aromatic amines is 1. The van der Waals surface area contributed by atoms with E-state index in [9.17, 15) is 4.79 Å². The van der Waals surface area contributed by atoms with Gasteiger partial charge in [-0.2, -0.15) is 0 Å². The summed E-state index contributed by atoms with van der Waals surface area (Å²) in [6, 6.07) is 11.1. The third-order valence-corrected chi connectivity index (χ3v) is 4.43. The van der Waals surface area contributed by atoms with E-state index in [1.54, 1.807) is 13.4 Å². The van der Waals surface area contributed by atoms with Crippen LogP contribution in [0.15, 0.2) is 51.9 Å². The lowest BCUT2D eigenvalue weighted by molar-refractivity contribution is 0.351. The zero-order valence-corrected chi connectivity index (χ0v) is 15.6. The van der Waals surface area contributed by atoms with Crippen molar-refractivity contribution in [2.24, 2.45) is 0 Å². The van der Waals surface area contributed by atoms with Crippen LogP contribution in [0.1, 0.15) is 18.2 Å². The predicted octanol–water partition coefficient (Wildman–Crippen LogP) is 3.03. The molecular formula is C19H21N3O3S. The highest BCUT2D eigenvalue weighted by molar-refractivity contribution is 7.80. The van der Waals surface area contributed by atoms with Gasteiger partial charge in [0.25, 0.3) is 5.56 Å². The molecule has 0 saturated carbocycles. The Morgan fingerprint density at radius 3 is 2.85 bits per heavy atom. The molecule has 2 aromatic heterocycles. The quantitative estimate of drug-likeness (QED) is 0.649. The number of thiocarbonyl (C=S) groups is 1. The molecule has 3 rings (SSSR count). The highest BCUT2D eigenvalue weighted by atomic mass is 32.1. The van der Waals surface area contributed by atoms with E-state index >= 15 is 0 Å². The molecular weight excluding hydrogens is 350 g/mol. The van der Waals surface area contributed by atoms with Gasteiger partial charge in [-0.1, -0.05) is 0 Å². The molecule has 0 bridgehead atoms. The van der Waals surface area contributed by atoms with Crippen molar-refractivity contribution >= 4 is 28.2 Å². The maximum atomic E-state index is 12.5. The topological polar surface area (TPSA) is 70.5 Å². The minimum Gasteiger partial charge on any atom is -0.497 e. The molecule has 136 valence electrons. The Kier molecular flexibility index (Phi) is 5.58. The number of pyridine rings is 1. The third-order valence-electron chi connectivity index (χ3n) is 4.03. The van der Waals surface area contributed by atoms with Gasteiger partial charge in [0.05, 0.1) is 26.5 Å². The van der Waals surface area contributed by atoms with Crippen LogP contribution in [0.5, 0.6) is 5.75 Å². The number of furan rings is 1. The summed E-state index contributed by atoms with van der Waals surface area (Å²) in [5.74, 6) is 1.52. The molecule has 0 fully saturated rings. The van der Waals surface area contributed by atoms with E-state index in [0.717, 1.165) is 22.4 Å². The van der Waals surface area contributed by atoms with Gasteiger partial charge in [0.1, 0.15) is 11.5 Å². The number of nitrogens with zero attached hydrogens (tertiary/aromatic N) is 1. The molecule has 3 aromatic rings. The lowest BCUT2D eigenvalue weighted by Gasteiger charge is -2.24. The van der Waals surface area contributed by atoms with Gasteiger partial charge in [-0.05, 0) is 55.5 Å². The second-order valence-electron chi connectivity index (χ2n) is 5.85. The number of hydrogen-bond acceptors (Lipinski definition) is 4. The molecule has 7 heteroatoms. The van der Waals surface area contributed by atoms with Gasteiger partial charge in [0.2, 0.25) is 0 Å². The van der Waals surface area contributed by atoms with E-state index in [1.807, 2.05) is 48.2 Å². The number of fused-ring (bicyclic) bond motifs is 1. The predicted molar refractivity (Wildman–Crippen MR) is 105 cm³/mol. The van der Waals surface area contributed by atoms with Crippen molar-refractivity contribution in [2.75, 3.05) is 13.7 Å². The van der Waals surface area contributed by atoms with Gasteiger partial charge < -0.3 is 24.4 Å². The average molecular weight is 371 g/mol. The van der Waals surface area contributed by atoms with Crippen LogP contribution >= 0.6 is 12.2 Å². The van der Waals surface area contributed by atoms with Gasteiger partial charge in [0, 0.05) is 23.0 Å². The molecule has 1 aromatic carbocycles. The molecule has 0 atom stereocenters. The number of hydrogen-bond donors (Lipinski definition) is 2. The van der Waals surface area contributed by atoms with Gasteiger partial charge in [-0.3, -0.25) is 4.79 Å². The van der Waals surface area contributed by atoms with Crippen molar-refractivity contribution in [3.63, 3.8) is 0 Å². The van der Waals surface area contributed by atoms with E-state index < -0.39 is 0 Å². The van der Waals surface area contributed by atoms with Crippen LogP contribution in [0.3, 0.4) is 0 Å². The van der Waals surface area contributed by atoms with Gasteiger partial charge in [0.15, 0.2) is 5.11 Å². The van der Waals surface area contributed by atoms with Crippen LogP contribution in [0, 0.1) is 0 Å². The molecule has 2 heterocycles. The van der Waals surface area contributed by atoms with E-state index in [4.69, 9.17) is 21.4 Å². The molecule has 0 aliphatic heterocycles. The summed E-state index contributed by atoms with van der Waals surface area (Å²) in [4.78, 5) is 17.3. The van der Waals surface area contributed by atoms with Crippen molar-refractivity contribution < 1.29 is 9.15 Å². The number of benzene rings is 1. The maximum Gasteiger partial charge on any atom is 0.253 e. The number of nitrogens with one attached hydrogen (secondary N) is 2. The number of ether oxygens (including phenoxy) is 1. The molecule has 0 amide bonds.